The molecule has 0 spiro atoms. The first-order chi connectivity index (χ1) is 12.6. The highest BCUT2D eigenvalue weighted by atomic mass is 79.9. The smallest absolute Gasteiger partial charge is 0.0403 e. The molecule has 0 atom stereocenters. The molecule has 0 unspecified atom stereocenters. The van der Waals surface area contributed by atoms with Gasteiger partial charge in [-0.1, -0.05) is 49.5 Å². The van der Waals surface area contributed by atoms with Crippen LogP contribution >= 0.6 is 15.9 Å². The minimum absolute atomic E-state index is 0.619. The van der Waals surface area contributed by atoms with E-state index < -0.39 is 0 Å². The van der Waals surface area contributed by atoms with Gasteiger partial charge >= 0.3 is 0 Å². The zero-order valence-electron chi connectivity index (χ0n) is 17.1. The molecule has 1 saturated heterocycles. The van der Waals surface area contributed by atoms with Crippen LogP contribution in [0.25, 0.3) is 0 Å². The second-order valence-electron chi connectivity index (χ2n) is 8.51. The van der Waals surface area contributed by atoms with Crippen molar-refractivity contribution in [3.05, 3.63) is 28.2 Å². The standard InChI is InChI=1S/C23H37BrN2/c1-4-13-25-14-16-26(17-15-25)22-8-7-20(24)18-21(22)19-9-11-23(5-2,6-3)12-10-19/h7-8,18-19H,4-6,9-17H2,1-3H3. The molecule has 3 heteroatoms. The molecule has 0 radical (unpaired) electrons. The van der Waals surface area contributed by atoms with Gasteiger partial charge in [0.1, 0.15) is 0 Å². The summed E-state index contributed by atoms with van der Waals surface area (Å²) in [5.74, 6) is 0.738. The van der Waals surface area contributed by atoms with Crippen molar-refractivity contribution < 1.29 is 0 Å². The molecule has 1 aromatic rings. The first-order valence-corrected chi connectivity index (χ1v) is 11.7. The fourth-order valence-corrected chi connectivity index (χ4v) is 5.55. The van der Waals surface area contributed by atoms with Crippen LogP contribution < -0.4 is 4.90 Å². The number of rotatable bonds is 6. The lowest BCUT2D eigenvalue weighted by molar-refractivity contribution is 0.159. The summed E-state index contributed by atoms with van der Waals surface area (Å²) >= 11 is 3.74. The Labute approximate surface area is 169 Å². The summed E-state index contributed by atoms with van der Waals surface area (Å²) in [4.78, 5) is 5.27. The van der Waals surface area contributed by atoms with Crippen LogP contribution in [0, 0.1) is 5.41 Å². The predicted octanol–water partition coefficient (Wildman–Crippen LogP) is 6.45. The predicted molar refractivity (Wildman–Crippen MR) is 117 cm³/mol. The minimum atomic E-state index is 0.619. The van der Waals surface area contributed by atoms with Gasteiger partial charge in [-0.05, 0) is 73.7 Å². The fraction of sp³-hybridized carbons (Fsp3) is 0.739. The second kappa shape index (κ2) is 9.10. The molecule has 1 saturated carbocycles. The molecule has 1 aliphatic heterocycles. The van der Waals surface area contributed by atoms with Gasteiger partial charge in [0, 0.05) is 36.3 Å². The van der Waals surface area contributed by atoms with Gasteiger partial charge in [-0.2, -0.15) is 0 Å². The molecule has 3 rings (SSSR count). The number of hydrogen-bond donors (Lipinski definition) is 0. The molecule has 0 N–H and O–H groups in total. The van der Waals surface area contributed by atoms with Gasteiger partial charge in [0.2, 0.25) is 0 Å². The Balaban J connectivity index is 1.73. The van der Waals surface area contributed by atoms with Gasteiger partial charge in [-0.25, -0.2) is 0 Å². The molecule has 1 heterocycles. The van der Waals surface area contributed by atoms with Gasteiger partial charge in [0.05, 0.1) is 0 Å². The lowest BCUT2D eigenvalue weighted by Gasteiger charge is -2.41. The van der Waals surface area contributed by atoms with Crippen LogP contribution in [0.4, 0.5) is 5.69 Å². The Morgan fingerprint density at radius 3 is 2.23 bits per heavy atom. The van der Waals surface area contributed by atoms with Crippen molar-refractivity contribution in [2.45, 2.75) is 71.6 Å². The van der Waals surface area contributed by atoms with Crippen LogP contribution in [0.2, 0.25) is 0 Å². The van der Waals surface area contributed by atoms with Crippen LogP contribution in [0.1, 0.15) is 77.2 Å². The molecule has 1 aromatic carbocycles. The number of piperazine rings is 1. The molecule has 2 aliphatic rings. The molecule has 2 fully saturated rings. The average Bonchev–Trinajstić information content (AvgIpc) is 2.69. The van der Waals surface area contributed by atoms with Crippen molar-refractivity contribution in [3.8, 4) is 0 Å². The Hall–Kier alpha value is -0.540. The van der Waals surface area contributed by atoms with Gasteiger partial charge in [0.25, 0.3) is 0 Å². The average molecular weight is 421 g/mol. The van der Waals surface area contributed by atoms with E-state index in [1.54, 1.807) is 5.56 Å². The maximum atomic E-state index is 3.74. The zero-order chi connectivity index (χ0) is 18.6. The highest BCUT2D eigenvalue weighted by Crippen LogP contribution is 2.48. The topological polar surface area (TPSA) is 6.48 Å². The van der Waals surface area contributed by atoms with Crippen molar-refractivity contribution in [2.75, 3.05) is 37.6 Å². The lowest BCUT2D eigenvalue weighted by Crippen LogP contribution is -2.47. The third-order valence-corrected chi connectivity index (χ3v) is 7.72. The first-order valence-electron chi connectivity index (χ1n) is 10.9. The molecule has 146 valence electrons. The summed E-state index contributed by atoms with van der Waals surface area (Å²) in [7, 11) is 0. The van der Waals surface area contributed by atoms with Gasteiger partial charge in [-0.3, -0.25) is 4.90 Å². The minimum Gasteiger partial charge on any atom is -0.369 e. The molecular weight excluding hydrogens is 384 g/mol. The summed E-state index contributed by atoms with van der Waals surface area (Å²) < 4.78 is 1.24. The molecule has 0 amide bonds. The number of nitrogens with zero attached hydrogens (tertiary/aromatic N) is 2. The van der Waals surface area contributed by atoms with E-state index in [0.717, 1.165) is 5.92 Å². The van der Waals surface area contributed by atoms with E-state index in [1.165, 1.54) is 87.8 Å². The van der Waals surface area contributed by atoms with Gasteiger partial charge in [-0.15, -0.1) is 0 Å². The Morgan fingerprint density at radius 2 is 1.65 bits per heavy atom. The van der Waals surface area contributed by atoms with E-state index in [-0.39, 0.29) is 0 Å². The summed E-state index contributed by atoms with van der Waals surface area (Å²) in [6, 6.07) is 7.03. The van der Waals surface area contributed by atoms with E-state index in [4.69, 9.17) is 0 Å². The van der Waals surface area contributed by atoms with Crippen LogP contribution in [0.5, 0.6) is 0 Å². The maximum Gasteiger partial charge on any atom is 0.0403 e. The van der Waals surface area contributed by atoms with E-state index in [2.05, 4.69) is 64.7 Å². The van der Waals surface area contributed by atoms with E-state index in [1.807, 2.05) is 0 Å². The first kappa shape index (κ1) is 20.2. The van der Waals surface area contributed by atoms with E-state index in [9.17, 15) is 0 Å². The van der Waals surface area contributed by atoms with Crippen molar-refractivity contribution in [1.82, 2.24) is 4.90 Å². The SMILES string of the molecule is CCCN1CCN(c2ccc(Br)cc2C2CCC(CC)(CC)CC2)CC1. The van der Waals surface area contributed by atoms with Crippen molar-refractivity contribution in [1.29, 1.82) is 0 Å². The molecule has 0 aromatic heterocycles. The van der Waals surface area contributed by atoms with Gasteiger partial charge in [0.15, 0.2) is 0 Å². The summed E-state index contributed by atoms with van der Waals surface area (Å²) in [5.41, 5.74) is 3.73. The van der Waals surface area contributed by atoms with Crippen molar-refractivity contribution >= 4 is 21.6 Å². The summed E-state index contributed by atoms with van der Waals surface area (Å²) in [6.45, 7) is 13.1. The number of benzene rings is 1. The summed E-state index contributed by atoms with van der Waals surface area (Å²) in [5, 5.41) is 0. The van der Waals surface area contributed by atoms with Crippen molar-refractivity contribution in [3.63, 3.8) is 0 Å². The fourth-order valence-electron chi connectivity index (χ4n) is 5.17. The Kier molecular flexibility index (Phi) is 7.07. The normalized spacial score (nSPS) is 21.9. The number of hydrogen-bond acceptors (Lipinski definition) is 2. The molecule has 26 heavy (non-hydrogen) atoms. The Morgan fingerprint density at radius 1 is 1.00 bits per heavy atom. The largest absolute Gasteiger partial charge is 0.369 e. The highest BCUT2D eigenvalue weighted by molar-refractivity contribution is 9.10. The van der Waals surface area contributed by atoms with Crippen LogP contribution in [0.3, 0.4) is 0 Å². The van der Waals surface area contributed by atoms with Crippen LogP contribution in [-0.2, 0) is 0 Å². The number of anilines is 1. The zero-order valence-corrected chi connectivity index (χ0v) is 18.7. The Bertz CT molecular complexity index is 564. The van der Waals surface area contributed by atoms with Crippen LogP contribution in [0.15, 0.2) is 22.7 Å². The maximum absolute atomic E-state index is 3.74. The summed E-state index contributed by atoms with van der Waals surface area (Å²) in [6.07, 6.45) is 9.49. The van der Waals surface area contributed by atoms with Crippen LogP contribution in [-0.4, -0.2) is 37.6 Å². The molecule has 1 aliphatic carbocycles. The lowest BCUT2D eigenvalue weighted by atomic mass is 9.66. The highest BCUT2D eigenvalue weighted by Gasteiger charge is 2.34. The van der Waals surface area contributed by atoms with Gasteiger partial charge < -0.3 is 4.90 Å². The third-order valence-electron chi connectivity index (χ3n) is 7.23. The quantitative estimate of drug-likeness (QED) is 0.521. The third kappa shape index (κ3) is 4.47. The van der Waals surface area contributed by atoms with E-state index >= 15 is 0 Å². The van der Waals surface area contributed by atoms with Crippen molar-refractivity contribution in [2.24, 2.45) is 5.41 Å². The van der Waals surface area contributed by atoms with E-state index in [0.29, 0.717) is 5.41 Å². The monoisotopic (exact) mass is 420 g/mol. The second-order valence-corrected chi connectivity index (χ2v) is 9.43. The molecule has 0 bridgehead atoms. The number of halogens is 1. The molecule has 2 nitrogen and oxygen atoms in total. The molecular formula is C23H37BrN2.